The Labute approximate surface area is 133 Å². The summed E-state index contributed by atoms with van der Waals surface area (Å²) in [5.74, 6) is 0. The van der Waals surface area contributed by atoms with E-state index in [1.807, 2.05) is 0 Å². The second-order valence-corrected chi connectivity index (χ2v) is 5.69. The first-order valence-corrected chi connectivity index (χ1v) is 8.18. The summed E-state index contributed by atoms with van der Waals surface area (Å²) < 4.78 is 0. The van der Waals surface area contributed by atoms with Crippen molar-refractivity contribution in [1.82, 2.24) is 5.32 Å². The lowest BCUT2D eigenvalue weighted by Gasteiger charge is -2.12. The molecule has 0 radical (unpaired) electrons. The molecule has 112 valence electrons. The van der Waals surface area contributed by atoms with Gasteiger partial charge in [-0.1, -0.05) is 62.7 Å². The third-order valence-electron chi connectivity index (χ3n) is 3.89. The van der Waals surface area contributed by atoms with Gasteiger partial charge >= 0.3 is 0 Å². The van der Waals surface area contributed by atoms with Gasteiger partial charge in [0.05, 0.1) is 0 Å². The first kappa shape index (κ1) is 16.1. The van der Waals surface area contributed by atoms with Crippen molar-refractivity contribution in [2.45, 2.75) is 40.2 Å². The molecule has 2 aromatic rings. The lowest BCUT2D eigenvalue weighted by atomic mass is 9.94. The van der Waals surface area contributed by atoms with E-state index in [0.29, 0.717) is 0 Å². The third-order valence-corrected chi connectivity index (χ3v) is 4.24. The first-order valence-electron chi connectivity index (χ1n) is 7.80. The van der Waals surface area contributed by atoms with E-state index in [9.17, 15) is 0 Å². The predicted octanol–water partition coefficient (Wildman–Crippen LogP) is 5.24. The molecule has 0 heterocycles. The highest BCUT2D eigenvalue weighted by Crippen LogP contribution is 2.29. The summed E-state index contributed by atoms with van der Waals surface area (Å²) in [5.41, 5.74) is 6.44. The topological polar surface area (TPSA) is 12.0 Å². The van der Waals surface area contributed by atoms with Crippen LogP contribution in [0.1, 0.15) is 37.5 Å². The number of halogens is 1. The summed E-state index contributed by atoms with van der Waals surface area (Å²) in [6.07, 6.45) is 2.10. The first-order chi connectivity index (χ1) is 10.2. The lowest BCUT2D eigenvalue weighted by Crippen LogP contribution is -2.11. The predicted molar refractivity (Wildman–Crippen MR) is 93.0 cm³/mol. The van der Waals surface area contributed by atoms with Crippen molar-refractivity contribution in [3.63, 3.8) is 0 Å². The summed E-state index contributed by atoms with van der Waals surface area (Å²) in [6.45, 7) is 8.27. The van der Waals surface area contributed by atoms with Crippen molar-refractivity contribution in [2.24, 2.45) is 0 Å². The minimum atomic E-state index is 0.825. The molecule has 1 nitrogen and oxygen atoms in total. The van der Waals surface area contributed by atoms with Crippen LogP contribution in [0.5, 0.6) is 0 Å². The Kier molecular flexibility index (Phi) is 5.84. The van der Waals surface area contributed by atoms with E-state index >= 15 is 0 Å². The molecule has 0 aliphatic rings. The van der Waals surface area contributed by atoms with Gasteiger partial charge in [-0.25, -0.2) is 0 Å². The van der Waals surface area contributed by atoms with Crippen LogP contribution in [0.2, 0.25) is 5.02 Å². The maximum atomic E-state index is 6.44. The maximum Gasteiger partial charge on any atom is 0.0457 e. The Morgan fingerprint density at radius 2 is 1.67 bits per heavy atom. The van der Waals surface area contributed by atoms with E-state index in [1.165, 1.54) is 22.3 Å². The molecule has 0 aliphatic carbocycles. The molecule has 0 fully saturated rings. The molecule has 1 N–H and O–H groups in total. The van der Waals surface area contributed by atoms with Crippen molar-refractivity contribution < 1.29 is 0 Å². The SMILES string of the molecule is CCNCc1ccc(-c2cc(CC)ccc2CC)cc1Cl. The Morgan fingerprint density at radius 3 is 2.29 bits per heavy atom. The highest BCUT2D eigenvalue weighted by atomic mass is 35.5. The Hall–Kier alpha value is -1.31. The molecule has 0 aromatic heterocycles. The van der Waals surface area contributed by atoms with E-state index in [0.717, 1.165) is 36.5 Å². The second-order valence-electron chi connectivity index (χ2n) is 5.29. The van der Waals surface area contributed by atoms with Gasteiger partial charge in [0.15, 0.2) is 0 Å². The summed E-state index contributed by atoms with van der Waals surface area (Å²) in [5, 5.41) is 4.17. The van der Waals surface area contributed by atoms with Crippen LogP contribution in [0.25, 0.3) is 11.1 Å². The summed E-state index contributed by atoms with van der Waals surface area (Å²) in [7, 11) is 0. The van der Waals surface area contributed by atoms with Crippen LogP contribution in [-0.2, 0) is 19.4 Å². The average molecular weight is 302 g/mol. The highest BCUT2D eigenvalue weighted by molar-refractivity contribution is 6.31. The Balaban J connectivity index is 2.39. The average Bonchev–Trinajstić information content (AvgIpc) is 2.53. The van der Waals surface area contributed by atoms with Gasteiger partial charge in [0.1, 0.15) is 0 Å². The fourth-order valence-electron chi connectivity index (χ4n) is 2.54. The minimum Gasteiger partial charge on any atom is -0.313 e. The normalized spacial score (nSPS) is 10.9. The second kappa shape index (κ2) is 7.63. The van der Waals surface area contributed by atoms with Gasteiger partial charge in [0.2, 0.25) is 0 Å². The van der Waals surface area contributed by atoms with E-state index in [1.54, 1.807) is 0 Å². The van der Waals surface area contributed by atoms with Crippen LogP contribution < -0.4 is 5.32 Å². The number of aryl methyl sites for hydroxylation is 2. The van der Waals surface area contributed by atoms with Gasteiger partial charge in [0.25, 0.3) is 0 Å². The number of nitrogens with one attached hydrogen (secondary N) is 1. The molecular formula is C19H24ClN. The highest BCUT2D eigenvalue weighted by Gasteiger charge is 2.08. The quantitative estimate of drug-likeness (QED) is 0.769. The number of hydrogen-bond donors (Lipinski definition) is 1. The minimum absolute atomic E-state index is 0.825. The van der Waals surface area contributed by atoms with Crippen LogP contribution in [0.15, 0.2) is 36.4 Å². The zero-order valence-corrected chi connectivity index (χ0v) is 13.9. The molecule has 0 bridgehead atoms. The van der Waals surface area contributed by atoms with Crippen LogP contribution in [0.4, 0.5) is 0 Å². The molecule has 2 rings (SSSR count). The molecule has 0 saturated carbocycles. The van der Waals surface area contributed by atoms with Gasteiger partial charge in [-0.15, -0.1) is 0 Å². The van der Waals surface area contributed by atoms with Gasteiger partial charge in [-0.2, -0.15) is 0 Å². The summed E-state index contributed by atoms with van der Waals surface area (Å²) >= 11 is 6.44. The van der Waals surface area contributed by atoms with Gasteiger partial charge in [-0.05, 0) is 53.3 Å². The Morgan fingerprint density at radius 1 is 0.905 bits per heavy atom. The smallest absolute Gasteiger partial charge is 0.0457 e. The van der Waals surface area contributed by atoms with E-state index in [2.05, 4.69) is 62.5 Å². The standard InChI is InChI=1S/C19H24ClN/c1-4-14-7-8-15(5-2)18(11-14)16-9-10-17(13-21-6-3)19(20)12-16/h7-12,21H,4-6,13H2,1-3H3. The molecule has 0 aliphatic heterocycles. The number of rotatable bonds is 6. The number of hydrogen-bond acceptors (Lipinski definition) is 1. The summed E-state index contributed by atoms with van der Waals surface area (Å²) in [6, 6.07) is 13.2. The zero-order chi connectivity index (χ0) is 15.2. The fourth-order valence-corrected chi connectivity index (χ4v) is 2.79. The Bertz CT molecular complexity index is 605. The van der Waals surface area contributed by atoms with E-state index < -0.39 is 0 Å². The molecule has 21 heavy (non-hydrogen) atoms. The third kappa shape index (κ3) is 3.87. The molecule has 0 spiro atoms. The van der Waals surface area contributed by atoms with Gasteiger partial charge in [-0.3, -0.25) is 0 Å². The molecule has 0 unspecified atom stereocenters. The van der Waals surface area contributed by atoms with Crippen LogP contribution in [-0.4, -0.2) is 6.54 Å². The van der Waals surface area contributed by atoms with Crippen molar-refractivity contribution in [2.75, 3.05) is 6.54 Å². The molecule has 0 amide bonds. The van der Waals surface area contributed by atoms with Crippen molar-refractivity contribution >= 4 is 11.6 Å². The zero-order valence-electron chi connectivity index (χ0n) is 13.2. The largest absolute Gasteiger partial charge is 0.313 e. The van der Waals surface area contributed by atoms with Crippen LogP contribution >= 0.6 is 11.6 Å². The maximum absolute atomic E-state index is 6.44. The van der Waals surface area contributed by atoms with E-state index in [4.69, 9.17) is 11.6 Å². The molecule has 0 saturated heterocycles. The van der Waals surface area contributed by atoms with E-state index in [-0.39, 0.29) is 0 Å². The van der Waals surface area contributed by atoms with Crippen molar-refractivity contribution in [3.05, 3.63) is 58.1 Å². The van der Waals surface area contributed by atoms with Gasteiger partial charge < -0.3 is 5.32 Å². The lowest BCUT2D eigenvalue weighted by molar-refractivity contribution is 0.727. The van der Waals surface area contributed by atoms with Crippen molar-refractivity contribution in [3.8, 4) is 11.1 Å². The van der Waals surface area contributed by atoms with Gasteiger partial charge in [0, 0.05) is 11.6 Å². The van der Waals surface area contributed by atoms with Crippen LogP contribution in [0, 0.1) is 0 Å². The molecule has 0 atom stereocenters. The van der Waals surface area contributed by atoms with Crippen molar-refractivity contribution in [1.29, 1.82) is 0 Å². The molecule has 2 heteroatoms. The number of benzene rings is 2. The fraction of sp³-hybridized carbons (Fsp3) is 0.368. The monoisotopic (exact) mass is 301 g/mol. The molecule has 2 aromatic carbocycles. The molecular weight excluding hydrogens is 278 g/mol. The summed E-state index contributed by atoms with van der Waals surface area (Å²) in [4.78, 5) is 0. The van der Waals surface area contributed by atoms with Crippen LogP contribution in [0.3, 0.4) is 0 Å².